The summed E-state index contributed by atoms with van der Waals surface area (Å²) in [5, 5.41) is 18.2. The van der Waals surface area contributed by atoms with E-state index in [1.165, 1.54) is 0 Å². The summed E-state index contributed by atoms with van der Waals surface area (Å²) >= 11 is 3.36. The maximum atomic E-state index is 14.7. The highest BCUT2D eigenvalue weighted by Crippen LogP contribution is 2.49. The molecule has 0 radical (unpaired) electrons. The first-order valence-electron chi connectivity index (χ1n) is 28.4. The van der Waals surface area contributed by atoms with Crippen LogP contribution in [0.15, 0.2) is 97.1 Å². The van der Waals surface area contributed by atoms with Crippen molar-refractivity contribution < 1.29 is 38.2 Å². The lowest BCUT2D eigenvalue weighted by Gasteiger charge is -2.35. The number of ether oxygens (including phenoxy) is 2. The Morgan fingerprint density at radius 2 is 0.938 bits per heavy atom. The van der Waals surface area contributed by atoms with E-state index >= 15 is 0 Å². The van der Waals surface area contributed by atoms with Gasteiger partial charge in [-0.15, -0.1) is 23.5 Å². The second-order valence-corrected chi connectivity index (χ2v) is 26.5. The minimum atomic E-state index is -0.728. The van der Waals surface area contributed by atoms with E-state index in [0.29, 0.717) is 63.2 Å². The Morgan fingerprint density at radius 1 is 0.562 bits per heavy atom. The summed E-state index contributed by atoms with van der Waals surface area (Å²) in [4.78, 5) is 87.2. The topological polar surface area (TPSA) is 200 Å². The summed E-state index contributed by atoms with van der Waals surface area (Å²) < 4.78 is 13.4. The van der Waals surface area contributed by atoms with E-state index in [-0.39, 0.29) is 58.4 Å². The van der Waals surface area contributed by atoms with Crippen LogP contribution < -0.4 is 31.9 Å². The van der Waals surface area contributed by atoms with Gasteiger partial charge in [0, 0.05) is 12.8 Å². The van der Waals surface area contributed by atoms with Gasteiger partial charge in [-0.1, -0.05) is 125 Å². The third-order valence-electron chi connectivity index (χ3n) is 17.5. The fourth-order valence-corrected chi connectivity index (χ4v) is 15.9. The van der Waals surface area contributed by atoms with Crippen LogP contribution in [0.25, 0.3) is 11.1 Å². The summed E-state index contributed by atoms with van der Waals surface area (Å²) in [6.07, 6.45) is 2.92. The molecule has 0 saturated carbocycles. The number of rotatable bonds is 17. The van der Waals surface area contributed by atoms with Gasteiger partial charge >= 0.3 is 0 Å². The van der Waals surface area contributed by atoms with Gasteiger partial charge in [0.25, 0.3) is 0 Å². The Balaban J connectivity index is 0.764. The minimum Gasteiger partial charge on any atom is -0.371 e. The zero-order valence-electron chi connectivity index (χ0n) is 47.2. The molecule has 6 aliphatic rings. The molecule has 4 heterocycles. The molecule has 18 heteroatoms. The molecule has 6 amide bonds. The second kappa shape index (κ2) is 24.0. The molecule has 4 fully saturated rings. The molecule has 0 aromatic heterocycles. The lowest BCUT2D eigenvalue weighted by Crippen LogP contribution is -2.58. The summed E-state index contributed by atoms with van der Waals surface area (Å²) in [6, 6.07) is 28.2. The first-order chi connectivity index (χ1) is 38.3. The maximum absolute atomic E-state index is 14.7. The van der Waals surface area contributed by atoms with Crippen molar-refractivity contribution in [2.75, 3.05) is 25.6 Å². The van der Waals surface area contributed by atoms with Crippen molar-refractivity contribution in [3.05, 3.63) is 130 Å². The fraction of sp³-hybridized carbons (Fsp3) is 0.516. The average molecular weight is 1130 g/mol. The third kappa shape index (κ3) is 11.8. The van der Waals surface area contributed by atoms with E-state index < -0.39 is 59.2 Å². The molecular formula is C62H78N8O8S2. The molecule has 4 aromatic carbocycles. The van der Waals surface area contributed by atoms with Crippen LogP contribution in [0, 0.1) is 10.8 Å². The number of nitrogens with one attached hydrogen (secondary N) is 6. The molecule has 426 valence electrons. The molecule has 4 aliphatic heterocycles. The Morgan fingerprint density at radius 3 is 1.31 bits per heavy atom. The molecule has 6 N–H and O–H groups in total. The maximum Gasteiger partial charge on any atom is 0.246 e. The average Bonchev–Trinajstić information content (AvgIpc) is 4.28. The van der Waals surface area contributed by atoms with E-state index in [2.05, 4.69) is 120 Å². The lowest BCUT2D eigenvalue weighted by atomic mass is 9.83. The van der Waals surface area contributed by atoms with E-state index in [1.54, 1.807) is 61.3 Å². The van der Waals surface area contributed by atoms with Crippen LogP contribution in [-0.4, -0.2) is 130 Å². The van der Waals surface area contributed by atoms with Crippen molar-refractivity contribution in [1.29, 1.82) is 0 Å². The number of thioether (sulfide) groups is 2. The van der Waals surface area contributed by atoms with Gasteiger partial charge in [0.1, 0.15) is 24.2 Å². The van der Waals surface area contributed by atoms with Crippen molar-refractivity contribution in [1.82, 2.24) is 41.7 Å². The summed E-state index contributed by atoms with van der Waals surface area (Å²) in [6.45, 7) is 12.4. The Hall–Kier alpha value is -5.76. The Kier molecular flexibility index (Phi) is 17.2. The van der Waals surface area contributed by atoms with Crippen LogP contribution in [0.3, 0.4) is 0 Å². The largest absolute Gasteiger partial charge is 0.371 e. The van der Waals surface area contributed by atoms with Gasteiger partial charge < -0.3 is 51.2 Å². The molecule has 0 spiro atoms. The number of carbonyl (C=O) groups excluding carboxylic acids is 6. The van der Waals surface area contributed by atoms with Crippen molar-refractivity contribution in [3.8, 4) is 11.1 Å². The normalized spacial score (nSPS) is 28.1. The van der Waals surface area contributed by atoms with Crippen LogP contribution in [0.4, 0.5) is 0 Å². The highest BCUT2D eigenvalue weighted by Gasteiger charge is 2.57. The van der Waals surface area contributed by atoms with Crippen molar-refractivity contribution in [2.24, 2.45) is 10.8 Å². The highest BCUT2D eigenvalue weighted by molar-refractivity contribution is 8.00. The Bertz CT molecular complexity index is 2760. The number of carbonyl (C=O) groups is 6. The predicted molar refractivity (Wildman–Crippen MR) is 312 cm³/mol. The molecule has 12 atom stereocenters. The molecule has 4 saturated heterocycles. The fourth-order valence-electron chi connectivity index (χ4n) is 12.8. The van der Waals surface area contributed by atoms with Gasteiger partial charge in [-0.05, 0) is 120 Å². The van der Waals surface area contributed by atoms with Gasteiger partial charge in [-0.25, -0.2) is 0 Å². The smallest absolute Gasteiger partial charge is 0.246 e. The molecule has 80 heavy (non-hydrogen) atoms. The molecule has 0 unspecified atom stereocenters. The monoisotopic (exact) mass is 1130 g/mol. The van der Waals surface area contributed by atoms with Crippen LogP contribution in [0.5, 0.6) is 0 Å². The predicted octanol–water partition coefficient (Wildman–Crippen LogP) is 6.32. The van der Waals surface area contributed by atoms with Crippen LogP contribution in [-0.2, 0) is 64.3 Å². The van der Waals surface area contributed by atoms with Gasteiger partial charge in [-0.2, -0.15) is 0 Å². The molecule has 4 aromatic rings. The van der Waals surface area contributed by atoms with Gasteiger partial charge in [0.15, 0.2) is 0 Å². The van der Waals surface area contributed by atoms with Gasteiger partial charge in [0.2, 0.25) is 35.4 Å². The second-order valence-electron chi connectivity index (χ2n) is 23.9. The summed E-state index contributed by atoms with van der Waals surface area (Å²) in [5.41, 5.74) is 7.32. The molecule has 16 nitrogen and oxygen atoms in total. The molecule has 10 rings (SSSR count). The van der Waals surface area contributed by atoms with E-state index in [4.69, 9.17) is 9.47 Å². The lowest BCUT2D eigenvalue weighted by molar-refractivity contribution is -0.144. The molecule has 0 bridgehead atoms. The van der Waals surface area contributed by atoms with Crippen LogP contribution in [0.1, 0.15) is 113 Å². The van der Waals surface area contributed by atoms with Gasteiger partial charge in [-0.3, -0.25) is 28.8 Å². The minimum absolute atomic E-state index is 0.170. The molecular weight excluding hydrogens is 1050 g/mol. The van der Waals surface area contributed by atoms with Crippen molar-refractivity contribution in [2.45, 2.75) is 165 Å². The number of nitrogens with zero attached hydrogens (tertiary/aromatic N) is 2. The summed E-state index contributed by atoms with van der Waals surface area (Å²) in [7, 11) is 3.42. The van der Waals surface area contributed by atoms with Crippen molar-refractivity contribution in [3.63, 3.8) is 0 Å². The SMILES string of the molecule is CN[C@@H](C)C(=O)N[C@H]1CCS[C@H]2CC(C)(C)[C@@H](C(=O)N[C@H]3c4ccccc4C[C@H]3OCc3ccc(-c4ccc(CO[C@@H]5Cc6ccccc6[C@@H]5NC(=O)[C@H]5N6C(=O)[C@@H](NC(=O)[C@H](C)NC)CCS[C@H]6CC5(C)C)cc4)cc3)N2C1=O. The van der Waals surface area contributed by atoms with Gasteiger partial charge in [0.05, 0.1) is 60.3 Å². The first-order valence-corrected chi connectivity index (χ1v) is 30.5. The van der Waals surface area contributed by atoms with Crippen LogP contribution >= 0.6 is 23.5 Å². The quantitative estimate of drug-likeness (QED) is 0.0690. The number of fused-ring (bicyclic) bond motifs is 4. The summed E-state index contributed by atoms with van der Waals surface area (Å²) in [5.74, 6) is 0.0415. The van der Waals surface area contributed by atoms with E-state index in [1.807, 2.05) is 36.4 Å². The standard InChI is InChI=1S/C62H78N8O8S2/c1-35(63-7)55(71)65-45-25-27-79-49-31-61(3,4)53(69(49)59(45)75)57(73)67-51-43-15-11-9-13-41(43)29-47(51)77-33-37-17-21-39(22-18-37)40-23-19-38(20-24-40)34-78-48-30-42-14-10-12-16-44(42)52(48)68-58(74)54-62(5,6)32-50-70(54)60(76)46(26-28-80-50)66-56(72)36(2)64-8/h9-24,35-36,45-54,63-64H,25-34H2,1-8H3,(H,65,71)(H,66,72)(H,67,73)(H,68,74)/t35-,36-,45-,46-,47+,48+,49-,50-,51-,52-,53+,54+/m0/s1. The van der Waals surface area contributed by atoms with E-state index in [9.17, 15) is 28.8 Å². The zero-order valence-corrected chi connectivity index (χ0v) is 48.8. The highest BCUT2D eigenvalue weighted by atomic mass is 32.2. The first kappa shape index (κ1) is 57.5. The van der Waals surface area contributed by atoms with Crippen LogP contribution in [0.2, 0.25) is 0 Å². The van der Waals surface area contributed by atoms with Crippen molar-refractivity contribution >= 4 is 59.0 Å². The molecule has 2 aliphatic carbocycles. The number of likely N-dealkylation sites (N-methyl/N-ethyl adjacent to an activating group) is 2. The number of amides is 6. The number of benzene rings is 4. The Labute approximate surface area is 479 Å². The number of hydrogen-bond acceptors (Lipinski definition) is 12. The van der Waals surface area contributed by atoms with E-state index in [0.717, 1.165) is 44.5 Å². The third-order valence-corrected chi connectivity index (χ3v) is 20.0. The zero-order chi connectivity index (χ0) is 56.6. The number of hydrogen-bond donors (Lipinski definition) is 6.